The van der Waals surface area contributed by atoms with Crippen LogP contribution in [0.3, 0.4) is 0 Å². The third kappa shape index (κ3) is 3.56. The van der Waals surface area contributed by atoms with Gasteiger partial charge in [0.25, 0.3) is 0 Å². The fraction of sp³-hybridized carbons (Fsp3) is 0.121. The number of hydrogen-bond donors (Lipinski definition) is 0. The van der Waals surface area contributed by atoms with Crippen molar-refractivity contribution in [3.63, 3.8) is 0 Å². The van der Waals surface area contributed by atoms with Crippen molar-refractivity contribution >= 4 is 54.8 Å². The predicted molar refractivity (Wildman–Crippen MR) is 155 cm³/mol. The van der Waals surface area contributed by atoms with E-state index in [0.717, 1.165) is 49.4 Å². The molecular formula is C33H23N5OPt. The van der Waals surface area contributed by atoms with Gasteiger partial charge in [-0.2, -0.15) is 0 Å². The first kappa shape index (κ1) is 24.7. The number of aromatic nitrogens is 5. The van der Waals surface area contributed by atoms with Crippen LogP contribution in [0.4, 0.5) is 0 Å². The van der Waals surface area contributed by atoms with Crippen molar-refractivity contribution < 1.29 is 25.8 Å². The maximum atomic E-state index is 6.36. The normalized spacial score (nSPS) is 12.2. The minimum absolute atomic E-state index is 0. The van der Waals surface area contributed by atoms with Gasteiger partial charge in [-0.3, -0.25) is 15.0 Å². The molecule has 3 aromatic carbocycles. The van der Waals surface area contributed by atoms with Crippen LogP contribution < -0.4 is 4.74 Å². The molecule has 0 bridgehead atoms. The van der Waals surface area contributed by atoms with E-state index in [-0.39, 0.29) is 26.5 Å². The Morgan fingerprint density at radius 3 is 2.00 bits per heavy atom. The Bertz CT molecular complexity index is 2260. The van der Waals surface area contributed by atoms with Crippen LogP contribution in [0.1, 0.15) is 26.3 Å². The Labute approximate surface area is 244 Å². The molecule has 0 saturated carbocycles. The van der Waals surface area contributed by atoms with Crippen molar-refractivity contribution in [2.24, 2.45) is 0 Å². The van der Waals surface area contributed by atoms with Crippen molar-refractivity contribution in [1.82, 2.24) is 23.8 Å². The van der Waals surface area contributed by atoms with E-state index in [1.165, 1.54) is 10.9 Å². The van der Waals surface area contributed by atoms with Crippen molar-refractivity contribution in [3.8, 4) is 11.5 Å². The summed E-state index contributed by atoms with van der Waals surface area (Å²) < 4.78 is 10.5. The van der Waals surface area contributed by atoms with Crippen LogP contribution in [0.5, 0.6) is 11.5 Å². The summed E-state index contributed by atoms with van der Waals surface area (Å²) in [6, 6.07) is 25.5. The van der Waals surface area contributed by atoms with Crippen LogP contribution in [0.15, 0.2) is 85.6 Å². The minimum atomic E-state index is -0.0207. The zero-order valence-electron chi connectivity index (χ0n) is 22.0. The molecule has 5 aromatic heterocycles. The maximum absolute atomic E-state index is 6.36. The molecule has 0 atom stereocenters. The fourth-order valence-electron chi connectivity index (χ4n) is 5.76. The summed E-state index contributed by atoms with van der Waals surface area (Å²) >= 11 is 0. The van der Waals surface area contributed by atoms with Crippen LogP contribution in [0, 0.1) is 12.1 Å². The molecule has 0 aliphatic carbocycles. The first-order valence-corrected chi connectivity index (χ1v) is 13.0. The Balaban J connectivity index is 0.00000264. The van der Waals surface area contributed by atoms with Gasteiger partial charge in [0, 0.05) is 48.0 Å². The summed E-state index contributed by atoms with van der Waals surface area (Å²) in [5.41, 5.74) is 5.99. The average Bonchev–Trinajstić information content (AvgIpc) is 3.63. The van der Waals surface area contributed by atoms with Crippen molar-refractivity contribution in [2.45, 2.75) is 26.2 Å². The summed E-state index contributed by atoms with van der Waals surface area (Å²) in [7, 11) is 0. The molecule has 8 aromatic rings. The van der Waals surface area contributed by atoms with Gasteiger partial charge in [-0.1, -0.05) is 78.7 Å². The third-order valence-electron chi connectivity index (χ3n) is 7.47. The number of benzene rings is 3. The molecule has 7 heteroatoms. The van der Waals surface area contributed by atoms with Crippen LogP contribution in [0.25, 0.3) is 54.8 Å². The minimum Gasteiger partial charge on any atom is -0.497 e. The van der Waals surface area contributed by atoms with Crippen molar-refractivity contribution in [3.05, 3.63) is 103 Å². The van der Waals surface area contributed by atoms with E-state index in [1.54, 1.807) is 6.20 Å². The van der Waals surface area contributed by atoms with Gasteiger partial charge in [0.2, 0.25) is 0 Å². The second-order valence-electron chi connectivity index (χ2n) is 10.9. The average molecular weight is 701 g/mol. The van der Waals surface area contributed by atoms with E-state index in [1.807, 2.05) is 53.5 Å². The first-order valence-electron chi connectivity index (χ1n) is 13.0. The van der Waals surface area contributed by atoms with Gasteiger partial charge in [-0.25, -0.2) is 0 Å². The predicted octanol–water partition coefficient (Wildman–Crippen LogP) is 7.68. The van der Waals surface area contributed by atoms with Crippen molar-refractivity contribution in [2.75, 3.05) is 0 Å². The molecular weight excluding hydrogens is 677 g/mol. The standard InChI is InChI=1S/C33H23N5O.Pt/c1-33(2,3)26-6-4-7-27-29(26)22-11-9-20(18-24(22)31-35-14-16-37(27)31)39-21-10-12-23-25(19-21)32-36-15-17-38(32)28-8-5-13-34-30(23)28;/h4-17H,1-3H3;/q-2;+2. The smallest absolute Gasteiger partial charge is 0.497 e. The SMILES string of the molecule is CC(C)(C)c1cccc2c1c1ccc(Oc3[c-]c4c(cc3)c3ncccc3n3ccnc43)[c-]c1c1nccn21.[Pt+2]. The van der Waals surface area contributed by atoms with Crippen molar-refractivity contribution in [1.29, 1.82) is 0 Å². The van der Waals surface area contributed by atoms with E-state index in [9.17, 15) is 0 Å². The molecule has 5 heterocycles. The number of nitrogens with zero attached hydrogens (tertiary/aromatic N) is 5. The van der Waals surface area contributed by atoms with Gasteiger partial charge in [0.15, 0.2) is 0 Å². The summed E-state index contributed by atoms with van der Waals surface area (Å²) in [6.45, 7) is 6.74. The van der Waals surface area contributed by atoms with Crippen LogP contribution in [-0.4, -0.2) is 23.8 Å². The third-order valence-corrected chi connectivity index (χ3v) is 7.47. The molecule has 40 heavy (non-hydrogen) atoms. The number of fused-ring (bicyclic) bond motifs is 12. The van der Waals surface area contributed by atoms with E-state index in [0.29, 0.717) is 11.5 Å². The van der Waals surface area contributed by atoms with Crippen LogP contribution in [0.2, 0.25) is 0 Å². The van der Waals surface area contributed by atoms with E-state index >= 15 is 0 Å². The van der Waals surface area contributed by atoms with E-state index in [4.69, 9.17) is 4.74 Å². The summed E-state index contributed by atoms with van der Waals surface area (Å²) in [5, 5.41) is 5.10. The monoisotopic (exact) mass is 700 g/mol. The largest absolute Gasteiger partial charge is 2.00 e. The molecule has 0 unspecified atom stereocenters. The first-order chi connectivity index (χ1) is 19.0. The second kappa shape index (κ2) is 8.87. The molecule has 8 rings (SSSR count). The Morgan fingerprint density at radius 2 is 1.30 bits per heavy atom. The van der Waals surface area contributed by atoms with Crippen LogP contribution >= 0.6 is 0 Å². The Kier molecular flexibility index (Phi) is 5.48. The van der Waals surface area contributed by atoms with Gasteiger partial charge in [0.05, 0.1) is 22.3 Å². The number of rotatable bonds is 2. The number of imidazole rings is 2. The molecule has 6 nitrogen and oxygen atoms in total. The number of ether oxygens (including phenoxy) is 1. The van der Waals surface area contributed by atoms with E-state index < -0.39 is 0 Å². The van der Waals surface area contributed by atoms with Gasteiger partial charge in [-0.15, -0.1) is 12.1 Å². The number of hydrogen-bond acceptors (Lipinski definition) is 4. The molecule has 0 aliphatic rings. The maximum Gasteiger partial charge on any atom is 2.00 e. The second-order valence-corrected chi connectivity index (χ2v) is 10.9. The quantitative estimate of drug-likeness (QED) is 0.137. The van der Waals surface area contributed by atoms with Gasteiger partial charge >= 0.3 is 21.1 Å². The van der Waals surface area contributed by atoms with Gasteiger partial charge in [0.1, 0.15) is 0 Å². The molecule has 0 saturated heterocycles. The number of pyridine rings is 3. The molecule has 0 spiro atoms. The van der Waals surface area contributed by atoms with Crippen LogP contribution in [-0.2, 0) is 26.5 Å². The summed E-state index contributed by atoms with van der Waals surface area (Å²) in [5.74, 6) is 1.20. The van der Waals surface area contributed by atoms with E-state index in [2.05, 4.69) is 82.6 Å². The molecule has 0 amide bonds. The topological polar surface area (TPSA) is 56.7 Å². The summed E-state index contributed by atoms with van der Waals surface area (Å²) in [4.78, 5) is 13.9. The molecule has 0 radical (unpaired) electrons. The summed E-state index contributed by atoms with van der Waals surface area (Å²) in [6.07, 6.45) is 9.40. The Hall–Kier alpha value is -4.28. The zero-order valence-corrected chi connectivity index (χ0v) is 24.3. The fourth-order valence-corrected chi connectivity index (χ4v) is 5.76. The molecule has 0 N–H and O–H groups in total. The molecule has 0 aliphatic heterocycles. The van der Waals surface area contributed by atoms with Gasteiger partial charge in [-0.05, 0) is 34.6 Å². The Morgan fingerprint density at radius 1 is 0.675 bits per heavy atom. The molecule has 196 valence electrons. The molecule has 0 fully saturated rings. The zero-order chi connectivity index (χ0) is 26.3. The van der Waals surface area contributed by atoms with Gasteiger partial charge < -0.3 is 13.5 Å².